The fraction of sp³-hybridized carbons (Fsp3) is 0.357. The van der Waals surface area contributed by atoms with Crippen molar-refractivity contribution in [2.45, 2.75) is 32.6 Å². The van der Waals surface area contributed by atoms with E-state index in [-0.39, 0.29) is 5.56 Å². The molecule has 7 heteroatoms. The Hall–Kier alpha value is -1.34. The Balaban J connectivity index is 1.99. The van der Waals surface area contributed by atoms with E-state index in [1.807, 2.05) is 0 Å². The summed E-state index contributed by atoms with van der Waals surface area (Å²) in [6.07, 6.45) is 4.20. The first-order valence-corrected chi connectivity index (χ1v) is 8.30. The summed E-state index contributed by atoms with van der Waals surface area (Å²) in [5, 5.41) is 11.8. The lowest BCUT2D eigenvalue weighted by atomic mass is 10.2. The molecule has 1 amide bonds. The van der Waals surface area contributed by atoms with E-state index in [0.29, 0.717) is 9.60 Å². The second kappa shape index (κ2) is 7.61. The van der Waals surface area contributed by atoms with Crippen LogP contribution < -0.4 is 5.32 Å². The summed E-state index contributed by atoms with van der Waals surface area (Å²) in [4.78, 5) is 12.0. The SMILES string of the molecule is CCCCCc1nnc(NC(=O)c2ccc(Br)cc2F)s1. The Labute approximate surface area is 134 Å². The number of benzene rings is 1. The zero-order chi connectivity index (χ0) is 15.2. The van der Waals surface area contributed by atoms with Crippen LogP contribution in [0.3, 0.4) is 0 Å². The van der Waals surface area contributed by atoms with E-state index in [1.165, 1.54) is 23.5 Å². The number of carbonyl (C=O) groups is 1. The van der Waals surface area contributed by atoms with Crippen molar-refractivity contribution >= 4 is 38.3 Å². The summed E-state index contributed by atoms with van der Waals surface area (Å²) in [7, 11) is 0. The molecule has 0 saturated heterocycles. The van der Waals surface area contributed by atoms with Crippen molar-refractivity contribution in [1.29, 1.82) is 0 Å². The quantitative estimate of drug-likeness (QED) is 0.764. The molecule has 0 radical (unpaired) electrons. The second-order valence-corrected chi connectivity index (χ2v) is 6.51. The molecular formula is C14H15BrFN3OS. The van der Waals surface area contributed by atoms with Crippen LogP contribution in [0.5, 0.6) is 0 Å². The van der Waals surface area contributed by atoms with Crippen LogP contribution in [0.4, 0.5) is 9.52 Å². The molecule has 0 unspecified atom stereocenters. The van der Waals surface area contributed by atoms with E-state index in [9.17, 15) is 9.18 Å². The number of anilines is 1. The number of amides is 1. The number of unbranched alkanes of at least 4 members (excludes halogenated alkanes) is 2. The Morgan fingerprint density at radius 2 is 2.19 bits per heavy atom. The van der Waals surface area contributed by atoms with E-state index in [4.69, 9.17) is 0 Å². The largest absolute Gasteiger partial charge is 0.296 e. The molecule has 2 aromatic rings. The Morgan fingerprint density at radius 1 is 1.38 bits per heavy atom. The van der Waals surface area contributed by atoms with Crippen LogP contribution in [0.15, 0.2) is 22.7 Å². The van der Waals surface area contributed by atoms with Gasteiger partial charge in [0.1, 0.15) is 10.8 Å². The minimum Gasteiger partial charge on any atom is -0.296 e. The third-order valence-corrected chi connectivity index (χ3v) is 4.25. The number of carbonyl (C=O) groups excluding carboxylic acids is 1. The summed E-state index contributed by atoms with van der Waals surface area (Å²) in [5.74, 6) is -1.09. The number of hydrogen-bond donors (Lipinski definition) is 1. The van der Waals surface area contributed by atoms with Crippen molar-refractivity contribution in [3.63, 3.8) is 0 Å². The van der Waals surface area contributed by atoms with Gasteiger partial charge >= 0.3 is 0 Å². The van der Waals surface area contributed by atoms with Gasteiger partial charge in [-0.3, -0.25) is 10.1 Å². The zero-order valence-corrected chi connectivity index (χ0v) is 13.9. The molecule has 4 nitrogen and oxygen atoms in total. The molecule has 0 saturated carbocycles. The first-order valence-electron chi connectivity index (χ1n) is 6.69. The van der Waals surface area contributed by atoms with Crippen LogP contribution in [-0.4, -0.2) is 16.1 Å². The summed E-state index contributed by atoms with van der Waals surface area (Å²) in [6, 6.07) is 4.30. The molecule has 21 heavy (non-hydrogen) atoms. The molecule has 1 N–H and O–H groups in total. The van der Waals surface area contributed by atoms with Gasteiger partial charge in [0.2, 0.25) is 5.13 Å². The molecule has 0 atom stereocenters. The minimum atomic E-state index is -0.574. The van der Waals surface area contributed by atoms with Gasteiger partial charge in [-0.15, -0.1) is 10.2 Å². The number of hydrogen-bond acceptors (Lipinski definition) is 4. The van der Waals surface area contributed by atoms with Gasteiger partial charge in [-0.05, 0) is 24.6 Å². The standard InChI is InChI=1S/C14H15BrFN3OS/c1-2-3-4-5-12-18-19-14(21-12)17-13(20)10-7-6-9(15)8-11(10)16/h6-8H,2-5H2,1H3,(H,17,19,20). The number of aromatic nitrogens is 2. The lowest BCUT2D eigenvalue weighted by molar-refractivity contribution is 0.102. The Morgan fingerprint density at radius 3 is 2.90 bits per heavy atom. The normalized spacial score (nSPS) is 10.6. The number of rotatable bonds is 6. The van der Waals surface area contributed by atoms with Crippen LogP contribution >= 0.6 is 27.3 Å². The number of nitrogens with one attached hydrogen (secondary N) is 1. The Kier molecular flexibility index (Phi) is 5.81. The molecule has 0 aliphatic heterocycles. The molecule has 0 spiro atoms. The van der Waals surface area contributed by atoms with Gasteiger partial charge in [-0.1, -0.05) is 47.0 Å². The molecule has 1 heterocycles. The highest BCUT2D eigenvalue weighted by atomic mass is 79.9. The van der Waals surface area contributed by atoms with E-state index < -0.39 is 11.7 Å². The highest BCUT2D eigenvalue weighted by Gasteiger charge is 2.14. The molecule has 112 valence electrons. The first-order chi connectivity index (χ1) is 10.1. The van der Waals surface area contributed by atoms with E-state index in [1.54, 1.807) is 6.07 Å². The van der Waals surface area contributed by atoms with Crippen molar-refractivity contribution in [3.8, 4) is 0 Å². The molecule has 1 aromatic carbocycles. The van der Waals surface area contributed by atoms with Crippen molar-refractivity contribution in [3.05, 3.63) is 39.1 Å². The molecule has 0 fully saturated rings. The predicted octanol–water partition coefficient (Wildman–Crippen LogP) is 4.42. The van der Waals surface area contributed by atoms with Crippen LogP contribution in [0, 0.1) is 5.82 Å². The van der Waals surface area contributed by atoms with Gasteiger partial charge in [-0.25, -0.2) is 4.39 Å². The van der Waals surface area contributed by atoms with Crippen LogP contribution in [-0.2, 0) is 6.42 Å². The Bertz CT molecular complexity index is 632. The summed E-state index contributed by atoms with van der Waals surface area (Å²) in [6.45, 7) is 2.14. The molecule has 0 bridgehead atoms. The fourth-order valence-electron chi connectivity index (χ4n) is 1.77. The molecule has 0 aliphatic carbocycles. The molecule has 0 aliphatic rings. The minimum absolute atomic E-state index is 0.0130. The van der Waals surface area contributed by atoms with Crippen molar-refractivity contribution in [2.75, 3.05) is 5.32 Å². The smallest absolute Gasteiger partial charge is 0.260 e. The van der Waals surface area contributed by atoms with Crippen LogP contribution in [0.25, 0.3) is 0 Å². The predicted molar refractivity (Wildman–Crippen MR) is 85.2 cm³/mol. The zero-order valence-electron chi connectivity index (χ0n) is 11.5. The van der Waals surface area contributed by atoms with Crippen molar-refractivity contribution < 1.29 is 9.18 Å². The first kappa shape index (κ1) is 16.0. The highest BCUT2D eigenvalue weighted by molar-refractivity contribution is 9.10. The third kappa shape index (κ3) is 4.57. The van der Waals surface area contributed by atoms with Gasteiger partial charge < -0.3 is 0 Å². The van der Waals surface area contributed by atoms with Crippen LogP contribution in [0.1, 0.15) is 41.6 Å². The topological polar surface area (TPSA) is 54.9 Å². The maximum absolute atomic E-state index is 13.7. The molecular weight excluding hydrogens is 357 g/mol. The summed E-state index contributed by atoms with van der Waals surface area (Å²) >= 11 is 4.48. The third-order valence-electron chi connectivity index (χ3n) is 2.86. The van der Waals surface area contributed by atoms with Gasteiger partial charge in [-0.2, -0.15) is 0 Å². The molecule has 2 rings (SSSR count). The lowest BCUT2D eigenvalue weighted by Crippen LogP contribution is -2.13. The van der Waals surface area contributed by atoms with E-state index >= 15 is 0 Å². The van der Waals surface area contributed by atoms with E-state index in [0.717, 1.165) is 30.7 Å². The highest BCUT2D eigenvalue weighted by Crippen LogP contribution is 2.20. The average Bonchev–Trinajstić information content (AvgIpc) is 2.86. The summed E-state index contributed by atoms with van der Waals surface area (Å²) < 4.78 is 14.3. The lowest BCUT2D eigenvalue weighted by Gasteiger charge is -2.02. The fourth-order valence-corrected chi connectivity index (χ4v) is 2.88. The van der Waals surface area contributed by atoms with Crippen molar-refractivity contribution in [2.24, 2.45) is 0 Å². The van der Waals surface area contributed by atoms with Gasteiger partial charge in [0.05, 0.1) is 5.56 Å². The van der Waals surface area contributed by atoms with E-state index in [2.05, 4.69) is 38.4 Å². The van der Waals surface area contributed by atoms with Gasteiger partial charge in [0, 0.05) is 10.9 Å². The molecule has 1 aromatic heterocycles. The van der Waals surface area contributed by atoms with Gasteiger partial charge in [0.25, 0.3) is 5.91 Å². The number of aryl methyl sites for hydroxylation is 1. The number of nitrogens with zero attached hydrogens (tertiary/aromatic N) is 2. The number of halogens is 2. The summed E-state index contributed by atoms with van der Waals surface area (Å²) in [5.41, 5.74) is -0.0130. The average molecular weight is 372 g/mol. The maximum atomic E-state index is 13.7. The van der Waals surface area contributed by atoms with Gasteiger partial charge in [0.15, 0.2) is 0 Å². The van der Waals surface area contributed by atoms with Crippen molar-refractivity contribution in [1.82, 2.24) is 10.2 Å². The monoisotopic (exact) mass is 371 g/mol. The maximum Gasteiger partial charge on any atom is 0.260 e. The van der Waals surface area contributed by atoms with Crippen LogP contribution in [0.2, 0.25) is 0 Å². The second-order valence-electron chi connectivity index (χ2n) is 4.54.